The maximum absolute atomic E-state index is 12.8. The number of hydrogen-bond donors (Lipinski definition) is 0. The number of carbonyl (C=O) groups is 2. The third-order valence-corrected chi connectivity index (χ3v) is 5.56. The van der Waals surface area contributed by atoms with Crippen molar-refractivity contribution in [1.82, 2.24) is 4.90 Å². The van der Waals surface area contributed by atoms with Gasteiger partial charge in [0, 0.05) is 37.2 Å². The molecule has 174 valence electrons. The van der Waals surface area contributed by atoms with Crippen LogP contribution in [-0.2, 0) is 23.8 Å². The molecule has 2 aliphatic rings. The third-order valence-electron chi connectivity index (χ3n) is 5.56. The SMILES string of the molecule is COC(=O)C1=CN(C[C@@H]2CCCO2)C=C(C(=O)OC)C1c1cc(OC)c(OC)cc1OC. The van der Waals surface area contributed by atoms with Crippen molar-refractivity contribution in [3.63, 3.8) is 0 Å². The summed E-state index contributed by atoms with van der Waals surface area (Å²) < 4.78 is 32.2. The molecule has 0 amide bonds. The zero-order valence-electron chi connectivity index (χ0n) is 19.0. The minimum absolute atomic E-state index is 0.00691. The maximum atomic E-state index is 12.8. The Labute approximate surface area is 187 Å². The first-order valence-electron chi connectivity index (χ1n) is 10.2. The van der Waals surface area contributed by atoms with Crippen molar-refractivity contribution in [2.24, 2.45) is 0 Å². The van der Waals surface area contributed by atoms with E-state index in [1.807, 2.05) is 0 Å². The van der Waals surface area contributed by atoms with Crippen molar-refractivity contribution >= 4 is 11.9 Å². The summed E-state index contributed by atoms with van der Waals surface area (Å²) in [6, 6.07) is 3.34. The van der Waals surface area contributed by atoms with Gasteiger partial charge < -0.3 is 33.3 Å². The molecule has 2 heterocycles. The second-order valence-corrected chi connectivity index (χ2v) is 7.37. The molecule has 32 heavy (non-hydrogen) atoms. The second-order valence-electron chi connectivity index (χ2n) is 7.37. The number of methoxy groups -OCH3 is 5. The van der Waals surface area contributed by atoms with E-state index < -0.39 is 17.9 Å². The van der Waals surface area contributed by atoms with Gasteiger partial charge in [0.15, 0.2) is 11.5 Å². The molecule has 3 rings (SSSR count). The van der Waals surface area contributed by atoms with E-state index in [0.717, 1.165) is 12.8 Å². The van der Waals surface area contributed by atoms with Crippen molar-refractivity contribution in [2.75, 3.05) is 48.7 Å². The minimum atomic E-state index is -0.801. The summed E-state index contributed by atoms with van der Waals surface area (Å²) in [5.74, 6) is -0.637. The van der Waals surface area contributed by atoms with Crippen LogP contribution < -0.4 is 14.2 Å². The molecule has 1 aromatic rings. The van der Waals surface area contributed by atoms with E-state index in [4.69, 9.17) is 28.4 Å². The highest BCUT2D eigenvalue weighted by Gasteiger charge is 2.38. The molecule has 0 bridgehead atoms. The fourth-order valence-electron chi connectivity index (χ4n) is 4.03. The van der Waals surface area contributed by atoms with E-state index in [1.165, 1.54) is 35.5 Å². The van der Waals surface area contributed by atoms with Gasteiger partial charge >= 0.3 is 11.9 Å². The maximum Gasteiger partial charge on any atom is 0.336 e. The summed E-state index contributed by atoms with van der Waals surface area (Å²) in [7, 11) is 7.12. The van der Waals surface area contributed by atoms with Gasteiger partial charge in [-0.1, -0.05) is 0 Å². The van der Waals surface area contributed by atoms with Crippen LogP contribution in [0.5, 0.6) is 17.2 Å². The summed E-state index contributed by atoms with van der Waals surface area (Å²) in [6.45, 7) is 1.20. The Kier molecular flexibility index (Phi) is 7.63. The summed E-state index contributed by atoms with van der Waals surface area (Å²) in [6.07, 6.45) is 5.26. The standard InChI is InChI=1S/C23H29NO8/c1-27-18-10-20(29-3)19(28-2)9-15(18)21-16(22(25)30-4)12-24(11-14-7-6-8-32-14)13-17(21)23(26)31-5/h9-10,12-14,21H,6-8,11H2,1-5H3/t14-/m0/s1. The highest BCUT2D eigenvalue weighted by Crippen LogP contribution is 2.45. The summed E-state index contributed by atoms with van der Waals surface area (Å²) in [4.78, 5) is 27.5. The van der Waals surface area contributed by atoms with E-state index in [0.29, 0.717) is 36.0 Å². The van der Waals surface area contributed by atoms with Gasteiger partial charge in [0.05, 0.1) is 58.7 Å². The van der Waals surface area contributed by atoms with Crippen LogP contribution in [0.1, 0.15) is 24.3 Å². The van der Waals surface area contributed by atoms with Crippen LogP contribution in [0.4, 0.5) is 0 Å². The molecule has 0 aliphatic carbocycles. The van der Waals surface area contributed by atoms with Crippen LogP contribution in [0.2, 0.25) is 0 Å². The molecule has 1 atom stereocenters. The van der Waals surface area contributed by atoms with Gasteiger partial charge in [0.1, 0.15) is 5.75 Å². The largest absolute Gasteiger partial charge is 0.496 e. The lowest BCUT2D eigenvalue weighted by molar-refractivity contribution is -0.137. The van der Waals surface area contributed by atoms with Gasteiger partial charge in [0.2, 0.25) is 0 Å². The van der Waals surface area contributed by atoms with Gasteiger partial charge in [-0.05, 0) is 18.9 Å². The Hall–Kier alpha value is -3.20. The van der Waals surface area contributed by atoms with Crippen molar-refractivity contribution in [1.29, 1.82) is 0 Å². The molecule has 1 fully saturated rings. The van der Waals surface area contributed by atoms with Gasteiger partial charge in [-0.25, -0.2) is 9.59 Å². The van der Waals surface area contributed by atoms with Gasteiger partial charge in [-0.2, -0.15) is 0 Å². The van der Waals surface area contributed by atoms with E-state index >= 15 is 0 Å². The molecule has 0 N–H and O–H groups in total. The van der Waals surface area contributed by atoms with Gasteiger partial charge in [-0.3, -0.25) is 0 Å². The number of carbonyl (C=O) groups excluding carboxylic acids is 2. The first-order chi connectivity index (χ1) is 15.5. The zero-order chi connectivity index (χ0) is 23.3. The summed E-state index contributed by atoms with van der Waals surface area (Å²) >= 11 is 0. The average Bonchev–Trinajstić information content (AvgIpc) is 3.34. The first kappa shape index (κ1) is 23.5. The molecule has 9 heteroatoms. The van der Waals surface area contributed by atoms with Crippen LogP contribution in [0.25, 0.3) is 0 Å². The lowest BCUT2D eigenvalue weighted by Gasteiger charge is -2.32. The molecule has 2 aliphatic heterocycles. The fourth-order valence-corrected chi connectivity index (χ4v) is 4.03. The van der Waals surface area contributed by atoms with Crippen LogP contribution in [0, 0.1) is 0 Å². The monoisotopic (exact) mass is 447 g/mol. The Morgan fingerprint density at radius 2 is 1.47 bits per heavy atom. The number of hydrogen-bond acceptors (Lipinski definition) is 9. The number of esters is 2. The molecule has 0 radical (unpaired) electrons. The molecule has 1 aromatic carbocycles. The highest BCUT2D eigenvalue weighted by molar-refractivity contribution is 5.99. The smallest absolute Gasteiger partial charge is 0.336 e. The molecular weight excluding hydrogens is 418 g/mol. The van der Waals surface area contributed by atoms with E-state index in [9.17, 15) is 9.59 Å². The van der Waals surface area contributed by atoms with Crippen molar-refractivity contribution in [2.45, 2.75) is 24.9 Å². The van der Waals surface area contributed by atoms with E-state index in [1.54, 1.807) is 29.4 Å². The predicted octanol–water partition coefficient (Wildman–Crippen LogP) is 2.40. The van der Waals surface area contributed by atoms with Crippen molar-refractivity contribution in [3.05, 3.63) is 41.2 Å². The molecule has 0 saturated carbocycles. The lowest BCUT2D eigenvalue weighted by Crippen LogP contribution is -2.32. The molecule has 0 aromatic heterocycles. The number of ether oxygens (including phenoxy) is 6. The normalized spacial score (nSPS) is 18.5. The third kappa shape index (κ3) is 4.67. The second kappa shape index (κ2) is 10.4. The van der Waals surface area contributed by atoms with Crippen LogP contribution in [-0.4, -0.2) is 71.6 Å². The Morgan fingerprint density at radius 3 is 1.94 bits per heavy atom. The molecule has 0 unspecified atom stereocenters. The van der Waals surface area contributed by atoms with Gasteiger partial charge in [-0.15, -0.1) is 0 Å². The lowest BCUT2D eigenvalue weighted by atomic mass is 9.82. The predicted molar refractivity (Wildman–Crippen MR) is 115 cm³/mol. The number of rotatable bonds is 8. The molecular formula is C23H29NO8. The van der Waals surface area contributed by atoms with Crippen molar-refractivity contribution < 1.29 is 38.0 Å². The first-order valence-corrected chi connectivity index (χ1v) is 10.2. The Morgan fingerprint density at radius 1 is 0.906 bits per heavy atom. The van der Waals surface area contributed by atoms with E-state index in [-0.39, 0.29) is 17.3 Å². The topological polar surface area (TPSA) is 92.8 Å². The summed E-state index contributed by atoms with van der Waals surface area (Å²) in [5, 5.41) is 0. The molecule has 1 saturated heterocycles. The Balaban J connectivity index is 2.15. The zero-order valence-corrected chi connectivity index (χ0v) is 19.0. The molecule has 9 nitrogen and oxygen atoms in total. The minimum Gasteiger partial charge on any atom is -0.496 e. The van der Waals surface area contributed by atoms with Crippen LogP contribution >= 0.6 is 0 Å². The number of nitrogens with zero attached hydrogens (tertiary/aromatic N) is 1. The average molecular weight is 447 g/mol. The Bertz CT molecular complexity index is 883. The van der Waals surface area contributed by atoms with Gasteiger partial charge in [0.25, 0.3) is 0 Å². The number of benzene rings is 1. The quantitative estimate of drug-likeness (QED) is 0.557. The highest BCUT2D eigenvalue weighted by atomic mass is 16.5. The van der Waals surface area contributed by atoms with E-state index in [2.05, 4.69) is 0 Å². The van der Waals surface area contributed by atoms with Crippen molar-refractivity contribution in [3.8, 4) is 17.2 Å². The van der Waals surface area contributed by atoms with Crippen LogP contribution in [0.3, 0.4) is 0 Å². The summed E-state index contributed by atoms with van der Waals surface area (Å²) in [5.41, 5.74) is 1.06. The molecule has 0 spiro atoms. The van der Waals surface area contributed by atoms with Crippen LogP contribution in [0.15, 0.2) is 35.7 Å². The fraction of sp³-hybridized carbons (Fsp3) is 0.478.